The molecule has 0 spiro atoms. The van der Waals surface area contributed by atoms with Crippen molar-refractivity contribution in [3.05, 3.63) is 145 Å². The summed E-state index contributed by atoms with van der Waals surface area (Å²) in [5, 5.41) is 22.5. The van der Waals surface area contributed by atoms with Gasteiger partial charge in [0.1, 0.15) is 0 Å². The average Bonchev–Trinajstić information content (AvgIpc) is 3.13. The van der Waals surface area contributed by atoms with Gasteiger partial charge in [-0.3, -0.25) is 9.97 Å². The van der Waals surface area contributed by atoms with E-state index in [-0.39, 0.29) is 0 Å². The van der Waals surface area contributed by atoms with Crippen LogP contribution in [0.1, 0.15) is 11.1 Å². The molecule has 0 unspecified atom stereocenters. The lowest BCUT2D eigenvalue weighted by atomic mass is 9.97. The number of nitrogens with zero attached hydrogens (tertiary/aromatic N) is 6. The molecule has 0 saturated carbocycles. The topological polar surface area (TPSA) is 99.1 Å². The van der Waals surface area contributed by atoms with E-state index in [1.165, 1.54) is 0 Å². The van der Waals surface area contributed by atoms with Crippen LogP contribution < -0.4 is 0 Å². The lowest BCUT2D eigenvalue weighted by Crippen LogP contribution is -1.95. The first-order valence-corrected chi connectivity index (χ1v) is 14.8. The van der Waals surface area contributed by atoms with E-state index in [9.17, 15) is 10.5 Å². The van der Waals surface area contributed by atoms with E-state index in [0.29, 0.717) is 11.1 Å². The zero-order chi connectivity index (χ0) is 31.0. The predicted octanol–water partition coefficient (Wildman–Crippen LogP) is 9.14. The molecule has 0 saturated heterocycles. The summed E-state index contributed by atoms with van der Waals surface area (Å²) < 4.78 is 0. The quantitative estimate of drug-likeness (QED) is 0.204. The van der Waals surface area contributed by atoms with Gasteiger partial charge in [-0.05, 0) is 70.4 Å². The van der Waals surface area contributed by atoms with Gasteiger partial charge in [-0.2, -0.15) is 10.5 Å². The monoisotopic (exact) mass is 586 g/mol. The summed E-state index contributed by atoms with van der Waals surface area (Å²) in [5.74, 6) is 0. The van der Waals surface area contributed by atoms with Crippen LogP contribution in [0.2, 0.25) is 0 Å². The molecule has 8 aromatic rings. The second kappa shape index (κ2) is 11.1. The lowest BCUT2D eigenvalue weighted by Gasteiger charge is -2.12. The number of nitriles is 2. The number of fused-ring (bicyclic) bond motifs is 3. The lowest BCUT2D eigenvalue weighted by molar-refractivity contribution is 1.27. The van der Waals surface area contributed by atoms with Gasteiger partial charge in [-0.15, -0.1) is 0 Å². The van der Waals surface area contributed by atoms with Gasteiger partial charge in [-0.1, -0.05) is 72.8 Å². The number of pyridine rings is 4. The molecule has 0 aliphatic carbocycles. The van der Waals surface area contributed by atoms with E-state index in [1.807, 2.05) is 109 Å². The van der Waals surface area contributed by atoms with Crippen LogP contribution in [0.3, 0.4) is 0 Å². The number of rotatable bonds is 4. The van der Waals surface area contributed by atoms with Crippen LogP contribution in [0.15, 0.2) is 134 Å². The molecule has 0 aliphatic rings. The summed E-state index contributed by atoms with van der Waals surface area (Å²) >= 11 is 0. The van der Waals surface area contributed by atoms with Crippen molar-refractivity contribution in [2.45, 2.75) is 0 Å². The number of benzene rings is 4. The average molecular weight is 587 g/mol. The Morgan fingerprint density at radius 3 is 1.20 bits per heavy atom. The molecule has 4 aromatic carbocycles. The third-order valence-corrected chi connectivity index (χ3v) is 8.27. The Morgan fingerprint density at radius 1 is 0.413 bits per heavy atom. The fourth-order valence-corrected chi connectivity index (χ4v) is 5.98. The summed E-state index contributed by atoms with van der Waals surface area (Å²) in [6, 6.07) is 43.8. The van der Waals surface area contributed by atoms with Crippen LogP contribution in [-0.4, -0.2) is 19.9 Å². The fourth-order valence-electron chi connectivity index (χ4n) is 5.98. The molecule has 6 heteroatoms. The highest BCUT2D eigenvalue weighted by Gasteiger charge is 2.15. The van der Waals surface area contributed by atoms with Crippen molar-refractivity contribution in [3.63, 3.8) is 0 Å². The molecule has 6 nitrogen and oxygen atoms in total. The van der Waals surface area contributed by atoms with E-state index >= 15 is 0 Å². The van der Waals surface area contributed by atoms with Crippen molar-refractivity contribution in [3.8, 4) is 57.2 Å². The van der Waals surface area contributed by atoms with Crippen molar-refractivity contribution >= 4 is 32.6 Å². The third-order valence-electron chi connectivity index (χ3n) is 8.27. The van der Waals surface area contributed by atoms with E-state index < -0.39 is 0 Å². The molecule has 0 atom stereocenters. The molecule has 46 heavy (non-hydrogen) atoms. The van der Waals surface area contributed by atoms with Gasteiger partial charge in [0.2, 0.25) is 0 Å². The Bertz CT molecular complexity index is 2360. The van der Waals surface area contributed by atoms with E-state index in [1.54, 1.807) is 0 Å². The first kappa shape index (κ1) is 26.8. The molecule has 0 aliphatic heterocycles. The van der Waals surface area contributed by atoms with Gasteiger partial charge < -0.3 is 0 Å². The van der Waals surface area contributed by atoms with Crippen molar-refractivity contribution in [1.29, 1.82) is 10.5 Å². The first-order chi connectivity index (χ1) is 22.7. The Labute approximate surface area is 264 Å². The Balaban J connectivity index is 1.19. The third kappa shape index (κ3) is 4.59. The Kier molecular flexibility index (Phi) is 6.45. The van der Waals surface area contributed by atoms with Crippen LogP contribution in [0, 0.1) is 22.7 Å². The van der Waals surface area contributed by atoms with Crippen molar-refractivity contribution < 1.29 is 0 Å². The smallest absolute Gasteiger partial charge is 0.0991 e. The number of aromatic nitrogens is 4. The van der Waals surface area contributed by atoms with Gasteiger partial charge in [0.05, 0.1) is 57.1 Å². The SMILES string of the molecule is N#Cc1ccc(-c2cnc(-c3ccc4nc(-c5ncc(-c6ccc(C#N)cc6)c6ccccc56)ccc4n3)c3ccccc23)cc1. The highest BCUT2D eigenvalue weighted by molar-refractivity contribution is 6.04. The highest BCUT2D eigenvalue weighted by atomic mass is 14.8. The second-order valence-electron chi connectivity index (χ2n) is 10.9. The maximum Gasteiger partial charge on any atom is 0.0991 e. The van der Waals surface area contributed by atoms with Gasteiger partial charge in [0, 0.05) is 34.3 Å². The van der Waals surface area contributed by atoms with E-state index in [2.05, 4.69) is 36.4 Å². The fraction of sp³-hybridized carbons (Fsp3) is 0. The van der Waals surface area contributed by atoms with Gasteiger partial charge in [-0.25, -0.2) is 9.97 Å². The molecule has 0 radical (unpaired) electrons. The van der Waals surface area contributed by atoms with Crippen LogP contribution in [0.25, 0.3) is 77.6 Å². The molecule has 4 aromatic heterocycles. The Morgan fingerprint density at radius 2 is 0.804 bits per heavy atom. The molecule has 0 bridgehead atoms. The molecule has 0 amide bonds. The molecule has 212 valence electrons. The predicted molar refractivity (Wildman–Crippen MR) is 181 cm³/mol. The standard InChI is InChI=1S/C40H22N6/c41-21-25-9-13-27(14-10-25)33-23-43-39(31-7-3-1-5-29(31)33)37-19-17-36-35(45-37)18-20-38(46-36)40-32-8-4-2-6-30(32)34(24-44-40)28-15-11-26(22-42)12-16-28/h1-20,23-24H. The van der Waals surface area contributed by atoms with Gasteiger partial charge in [0.15, 0.2) is 0 Å². The minimum Gasteiger partial charge on any atom is -0.253 e. The minimum atomic E-state index is 0.624. The van der Waals surface area contributed by atoms with Crippen molar-refractivity contribution in [2.24, 2.45) is 0 Å². The zero-order valence-corrected chi connectivity index (χ0v) is 24.4. The van der Waals surface area contributed by atoms with Gasteiger partial charge in [0.25, 0.3) is 0 Å². The molecule has 0 fully saturated rings. The maximum atomic E-state index is 9.20. The van der Waals surface area contributed by atoms with E-state index in [0.717, 1.165) is 77.6 Å². The molecule has 8 rings (SSSR count). The highest BCUT2D eigenvalue weighted by Crippen LogP contribution is 2.36. The summed E-state index contributed by atoms with van der Waals surface area (Å²) in [5.41, 5.74) is 9.91. The largest absolute Gasteiger partial charge is 0.253 e. The molecule has 0 N–H and O–H groups in total. The van der Waals surface area contributed by atoms with Crippen LogP contribution >= 0.6 is 0 Å². The summed E-state index contributed by atoms with van der Waals surface area (Å²) in [6.45, 7) is 0. The second-order valence-corrected chi connectivity index (χ2v) is 10.9. The Hall–Kier alpha value is -6.76. The summed E-state index contributed by atoms with van der Waals surface area (Å²) in [7, 11) is 0. The number of hydrogen-bond acceptors (Lipinski definition) is 6. The molecular formula is C40H22N6. The summed E-state index contributed by atoms with van der Waals surface area (Å²) in [6.07, 6.45) is 3.76. The zero-order valence-electron chi connectivity index (χ0n) is 24.4. The minimum absolute atomic E-state index is 0.624. The van der Waals surface area contributed by atoms with Crippen molar-refractivity contribution in [1.82, 2.24) is 19.9 Å². The maximum absolute atomic E-state index is 9.20. The summed E-state index contributed by atoms with van der Waals surface area (Å²) in [4.78, 5) is 19.7. The van der Waals surface area contributed by atoms with E-state index in [4.69, 9.17) is 19.9 Å². The first-order valence-electron chi connectivity index (χ1n) is 14.8. The molecule has 4 heterocycles. The molecular weight excluding hydrogens is 564 g/mol. The van der Waals surface area contributed by atoms with Crippen LogP contribution in [-0.2, 0) is 0 Å². The van der Waals surface area contributed by atoms with Gasteiger partial charge >= 0.3 is 0 Å². The van der Waals surface area contributed by atoms with Crippen LogP contribution in [0.4, 0.5) is 0 Å². The van der Waals surface area contributed by atoms with Crippen LogP contribution in [0.5, 0.6) is 0 Å². The number of hydrogen-bond donors (Lipinski definition) is 0. The van der Waals surface area contributed by atoms with Crippen molar-refractivity contribution in [2.75, 3.05) is 0 Å². The normalized spacial score (nSPS) is 11.0.